The van der Waals surface area contributed by atoms with Crippen LogP contribution in [0.15, 0.2) is 18.7 Å². The van der Waals surface area contributed by atoms with Crippen molar-refractivity contribution >= 4 is 17.6 Å². The Labute approximate surface area is 95.6 Å². The second-order valence-electron chi connectivity index (χ2n) is 3.12. The number of aromatic carboxylic acids is 1. The quantitative estimate of drug-likeness (QED) is 0.798. The van der Waals surface area contributed by atoms with E-state index in [4.69, 9.17) is 16.7 Å². The van der Waals surface area contributed by atoms with Crippen LogP contribution in [0.1, 0.15) is 16.1 Å². The van der Waals surface area contributed by atoms with Gasteiger partial charge < -0.3 is 5.11 Å². The molecule has 2 aromatic rings. The SMILES string of the molecule is Cc1cnc(Cl)nc1-n1cnc(C(=O)O)c1. The fourth-order valence-electron chi connectivity index (χ4n) is 1.22. The fraction of sp³-hybridized carbons (Fsp3) is 0.111. The molecule has 0 aliphatic carbocycles. The van der Waals surface area contributed by atoms with Crippen molar-refractivity contribution in [2.45, 2.75) is 6.92 Å². The highest BCUT2D eigenvalue weighted by molar-refractivity contribution is 6.28. The van der Waals surface area contributed by atoms with Crippen LogP contribution >= 0.6 is 11.6 Å². The van der Waals surface area contributed by atoms with Crippen LogP contribution in [0.3, 0.4) is 0 Å². The number of carboxylic acid groups (broad SMARTS) is 1. The predicted octanol–water partition coefficient (Wildman–Crippen LogP) is 1.32. The summed E-state index contributed by atoms with van der Waals surface area (Å²) in [5, 5.41) is 8.84. The molecular weight excluding hydrogens is 232 g/mol. The zero-order chi connectivity index (χ0) is 11.7. The number of hydrogen-bond donors (Lipinski definition) is 1. The first-order chi connectivity index (χ1) is 7.58. The van der Waals surface area contributed by atoms with Gasteiger partial charge in [0.1, 0.15) is 12.1 Å². The van der Waals surface area contributed by atoms with E-state index in [1.807, 2.05) is 0 Å². The van der Waals surface area contributed by atoms with Crippen molar-refractivity contribution in [3.05, 3.63) is 35.3 Å². The molecule has 7 heteroatoms. The Hall–Kier alpha value is -1.95. The maximum absolute atomic E-state index is 10.7. The van der Waals surface area contributed by atoms with Gasteiger partial charge in [0, 0.05) is 18.0 Å². The van der Waals surface area contributed by atoms with Crippen molar-refractivity contribution in [1.82, 2.24) is 19.5 Å². The normalized spacial score (nSPS) is 10.4. The number of imidazole rings is 1. The Bertz CT molecular complexity index is 552. The van der Waals surface area contributed by atoms with Crippen LogP contribution in [0.4, 0.5) is 0 Å². The molecule has 6 nitrogen and oxygen atoms in total. The van der Waals surface area contributed by atoms with Crippen LogP contribution in [0.25, 0.3) is 5.82 Å². The van der Waals surface area contributed by atoms with E-state index >= 15 is 0 Å². The van der Waals surface area contributed by atoms with E-state index in [0.717, 1.165) is 5.56 Å². The summed E-state index contributed by atoms with van der Waals surface area (Å²) in [6, 6.07) is 0. The third-order valence-electron chi connectivity index (χ3n) is 1.96. The zero-order valence-corrected chi connectivity index (χ0v) is 9.01. The predicted molar refractivity (Wildman–Crippen MR) is 55.9 cm³/mol. The molecule has 0 aliphatic rings. The molecule has 0 saturated heterocycles. The van der Waals surface area contributed by atoms with Crippen LogP contribution in [0.5, 0.6) is 0 Å². The number of nitrogens with zero attached hydrogens (tertiary/aromatic N) is 4. The topological polar surface area (TPSA) is 80.9 Å². The van der Waals surface area contributed by atoms with Gasteiger partial charge in [-0.2, -0.15) is 4.98 Å². The summed E-state index contributed by atoms with van der Waals surface area (Å²) in [6.45, 7) is 1.80. The summed E-state index contributed by atoms with van der Waals surface area (Å²) >= 11 is 5.66. The molecule has 0 fully saturated rings. The molecule has 0 unspecified atom stereocenters. The van der Waals surface area contributed by atoms with Gasteiger partial charge in [0.2, 0.25) is 5.28 Å². The van der Waals surface area contributed by atoms with Gasteiger partial charge in [-0.15, -0.1) is 0 Å². The van der Waals surface area contributed by atoms with Crippen molar-refractivity contribution in [1.29, 1.82) is 0 Å². The number of aromatic nitrogens is 4. The standard InChI is InChI=1S/C9H7ClN4O2/c1-5-2-11-9(10)13-7(5)14-3-6(8(15)16)12-4-14/h2-4H,1H3,(H,15,16). The first-order valence-corrected chi connectivity index (χ1v) is 4.72. The lowest BCUT2D eigenvalue weighted by Crippen LogP contribution is -2.00. The Kier molecular flexibility index (Phi) is 2.57. The lowest BCUT2D eigenvalue weighted by atomic mass is 10.3. The van der Waals surface area contributed by atoms with E-state index in [1.165, 1.54) is 17.1 Å². The van der Waals surface area contributed by atoms with Gasteiger partial charge >= 0.3 is 5.97 Å². The molecule has 2 aromatic heterocycles. The van der Waals surface area contributed by atoms with Gasteiger partial charge in [-0.1, -0.05) is 0 Å². The first kappa shape index (κ1) is 10.6. The molecule has 0 atom stereocenters. The molecule has 0 aromatic carbocycles. The first-order valence-electron chi connectivity index (χ1n) is 4.34. The molecule has 16 heavy (non-hydrogen) atoms. The number of hydrogen-bond acceptors (Lipinski definition) is 4. The second kappa shape index (κ2) is 3.90. The number of aryl methyl sites for hydroxylation is 1. The maximum atomic E-state index is 10.7. The third-order valence-corrected chi connectivity index (χ3v) is 2.14. The van der Waals surface area contributed by atoms with Crippen molar-refractivity contribution in [2.24, 2.45) is 0 Å². The van der Waals surface area contributed by atoms with Crippen molar-refractivity contribution < 1.29 is 9.90 Å². The lowest BCUT2D eigenvalue weighted by molar-refractivity contribution is 0.0691. The van der Waals surface area contributed by atoms with Crippen molar-refractivity contribution in [2.75, 3.05) is 0 Å². The fourth-order valence-corrected chi connectivity index (χ4v) is 1.35. The molecule has 2 heterocycles. The minimum atomic E-state index is -1.09. The van der Waals surface area contributed by atoms with E-state index < -0.39 is 5.97 Å². The highest BCUT2D eigenvalue weighted by atomic mass is 35.5. The Morgan fingerprint density at radius 3 is 2.88 bits per heavy atom. The number of carboxylic acids is 1. The Balaban J connectivity index is 2.50. The Morgan fingerprint density at radius 2 is 2.25 bits per heavy atom. The van der Waals surface area contributed by atoms with Gasteiger partial charge in [0.15, 0.2) is 5.69 Å². The molecule has 0 spiro atoms. The zero-order valence-electron chi connectivity index (χ0n) is 8.25. The Morgan fingerprint density at radius 1 is 1.50 bits per heavy atom. The molecule has 82 valence electrons. The molecule has 1 N–H and O–H groups in total. The smallest absolute Gasteiger partial charge is 0.356 e. The molecule has 0 amide bonds. The summed E-state index contributed by atoms with van der Waals surface area (Å²) < 4.78 is 1.49. The van der Waals surface area contributed by atoms with Gasteiger partial charge in [-0.3, -0.25) is 4.57 Å². The van der Waals surface area contributed by atoms with E-state index in [1.54, 1.807) is 13.1 Å². The number of carbonyl (C=O) groups is 1. The van der Waals surface area contributed by atoms with E-state index in [0.29, 0.717) is 5.82 Å². The van der Waals surface area contributed by atoms with E-state index in [2.05, 4.69) is 15.0 Å². The molecule has 0 aliphatic heterocycles. The van der Waals surface area contributed by atoms with E-state index in [-0.39, 0.29) is 11.0 Å². The highest BCUT2D eigenvalue weighted by Gasteiger charge is 2.10. The highest BCUT2D eigenvalue weighted by Crippen LogP contribution is 2.13. The third kappa shape index (κ3) is 1.87. The molecule has 0 saturated carbocycles. The summed E-state index contributed by atoms with van der Waals surface area (Å²) in [5.41, 5.74) is 0.730. The van der Waals surface area contributed by atoms with Gasteiger partial charge in [0.25, 0.3) is 0 Å². The van der Waals surface area contributed by atoms with Gasteiger partial charge in [-0.05, 0) is 18.5 Å². The molecular formula is C9H7ClN4O2. The van der Waals surface area contributed by atoms with Crippen LogP contribution in [-0.4, -0.2) is 30.6 Å². The van der Waals surface area contributed by atoms with Gasteiger partial charge in [0.05, 0.1) is 0 Å². The van der Waals surface area contributed by atoms with Gasteiger partial charge in [-0.25, -0.2) is 14.8 Å². The summed E-state index contributed by atoms with van der Waals surface area (Å²) in [6.07, 6.45) is 4.30. The molecule has 2 rings (SSSR count). The molecule has 0 radical (unpaired) electrons. The van der Waals surface area contributed by atoms with Crippen LogP contribution < -0.4 is 0 Å². The second-order valence-corrected chi connectivity index (χ2v) is 3.46. The number of halogens is 1. The van der Waals surface area contributed by atoms with Crippen LogP contribution in [0, 0.1) is 6.92 Å². The minimum absolute atomic E-state index is 0.0471. The summed E-state index contributed by atoms with van der Waals surface area (Å²) in [4.78, 5) is 22.2. The van der Waals surface area contributed by atoms with Crippen LogP contribution in [-0.2, 0) is 0 Å². The summed E-state index contributed by atoms with van der Waals surface area (Å²) in [5.74, 6) is -0.573. The number of rotatable bonds is 2. The largest absolute Gasteiger partial charge is 0.476 e. The maximum Gasteiger partial charge on any atom is 0.356 e. The summed E-state index contributed by atoms with van der Waals surface area (Å²) in [7, 11) is 0. The lowest BCUT2D eigenvalue weighted by Gasteiger charge is -2.03. The van der Waals surface area contributed by atoms with Crippen molar-refractivity contribution in [3.8, 4) is 5.82 Å². The minimum Gasteiger partial charge on any atom is -0.476 e. The van der Waals surface area contributed by atoms with Crippen molar-refractivity contribution in [3.63, 3.8) is 0 Å². The molecule has 0 bridgehead atoms. The van der Waals surface area contributed by atoms with Crippen LogP contribution in [0.2, 0.25) is 5.28 Å². The van der Waals surface area contributed by atoms with E-state index in [9.17, 15) is 4.79 Å². The average molecular weight is 239 g/mol. The monoisotopic (exact) mass is 238 g/mol. The average Bonchev–Trinajstić information content (AvgIpc) is 2.70.